The van der Waals surface area contributed by atoms with Gasteiger partial charge >= 0.3 is 12.1 Å². The number of ether oxygens (including phenoxy) is 3. The van der Waals surface area contributed by atoms with Gasteiger partial charge in [-0.3, -0.25) is 4.79 Å². The Labute approximate surface area is 220 Å². The van der Waals surface area contributed by atoms with Crippen LogP contribution in [0.5, 0.6) is 17.2 Å². The van der Waals surface area contributed by atoms with E-state index in [-0.39, 0.29) is 46.2 Å². The van der Waals surface area contributed by atoms with Crippen LogP contribution in [0.15, 0.2) is 88.1 Å². The molecule has 0 spiro atoms. The highest BCUT2D eigenvalue weighted by Crippen LogP contribution is 2.27. The van der Waals surface area contributed by atoms with Crippen molar-refractivity contribution in [3.63, 3.8) is 0 Å². The third-order valence-electron chi connectivity index (χ3n) is 5.66. The highest BCUT2D eigenvalue weighted by atomic mass is 16.6. The average Bonchev–Trinajstić information content (AvgIpc) is 2.90. The summed E-state index contributed by atoms with van der Waals surface area (Å²) < 4.78 is 22.4. The summed E-state index contributed by atoms with van der Waals surface area (Å²) in [4.78, 5) is 38.4. The number of rotatable bonds is 9. The van der Waals surface area contributed by atoms with Crippen LogP contribution >= 0.6 is 0 Å². The van der Waals surface area contributed by atoms with Crippen LogP contribution < -0.4 is 20.2 Å². The standard InChI is InChI=1S/C30H29NO7/c1-19(2)16-25(31-30(34)35-18-21-10-6-4-7-11-21)29(33)38-23-14-15-24-26(17-23)36-20(3)28(27(24)32)37-22-12-8-5-9-13-22/h4-15,17,19,25H,16,18H2,1-3H3,(H,31,34)/t25-/m1/s1. The van der Waals surface area contributed by atoms with Crippen LogP contribution in [0.2, 0.25) is 0 Å². The van der Waals surface area contributed by atoms with Gasteiger partial charge in [0.25, 0.3) is 0 Å². The first kappa shape index (κ1) is 26.5. The molecular weight excluding hydrogens is 486 g/mol. The average molecular weight is 516 g/mol. The van der Waals surface area contributed by atoms with Crippen LogP contribution in [-0.2, 0) is 16.1 Å². The molecule has 1 aromatic heterocycles. The Morgan fingerprint density at radius 3 is 2.29 bits per heavy atom. The molecule has 0 aliphatic rings. The summed E-state index contributed by atoms with van der Waals surface area (Å²) in [7, 11) is 0. The van der Waals surface area contributed by atoms with Crippen molar-refractivity contribution in [2.75, 3.05) is 0 Å². The Kier molecular flexibility index (Phi) is 8.43. The number of fused-ring (bicyclic) bond motifs is 1. The van der Waals surface area contributed by atoms with Gasteiger partial charge in [-0.15, -0.1) is 0 Å². The second kappa shape index (κ2) is 12.1. The van der Waals surface area contributed by atoms with E-state index in [9.17, 15) is 14.4 Å². The fourth-order valence-corrected chi connectivity index (χ4v) is 3.84. The second-order valence-corrected chi connectivity index (χ2v) is 9.20. The molecule has 8 nitrogen and oxygen atoms in total. The quantitative estimate of drug-likeness (QED) is 0.211. The fourth-order valence-electron chi connectivity index (χ4n) is 3.84. The van der Waals surface area contributed by atoms with Crippen LogP contribution in [0, 0.1) is 12.8 Å². The molecule has 0 saturated carbocycles. The molecule has 1 amide bonds. The maximum absolute atomic E-state index is 13.0. The van der Waals surface area contributed by atoms with Gasteiger partial charge in [0.1, 0.15) is 35.5 Å². The minimum Gasteiger partial charge on any atom is -0.457 e. The highest BCUT2D eigenvalue weighted by molar-refractivity contribution is 5.85. The Bertz CT molecular complexity index is 1460. The molecule has 0 unspecified atom stereocenters. The predicted octanol–water partition coefficient (Wildman–Crippen LogP) is 6.14. The van der Waals surface area contributed by atoms with E-state index in [2.05, 4.69) is 5.32 Å². The molecule has 1 atom stereocenters. The minimum atomic E-state index is -0.927. The van der Waals surface area contributed by atoms with Crippen molar-refractivity contribution in [2.24, 2.45) is 5.92 Å². The van der Waals surface area contributed by atoms with Crippen LogP contribution in [-0.4, -0.2) is 18.1 Å². The van der Waals surface area contributed by atoms with E-state index < -0.39 is 18.1 Å². The molecule has 0 saturated heterocycles. The highest BCUT2D eigenvalue weighted by Gasteiger charge is 2.25. The minimum absolute atomic E-state index is 0.0785. The van der Waals surface area contributed by atoms with Gasteiger partial charge < -0.3 is 23.9 Å². The molecule has 4 rings (SSSR count). The van der Waals surface area contributed by atoms with Crippen molar-refractivity contribution in [3.05, 3.63) is 100 Å². The summed E-state index contributed by atoms with van der Waals surface area (Å²) in [6.07, 6.45) is -0.371. The number of aryl methyl sites for hydroxylation is 1. The van der Waals surface area contributed by atoms with Gasteiger partial charge in [0, 0.05) is 6.07 Å². The zero-order valence-corrected chi connectivity index (χ0v) is 21.4. The van der Waals surface area contributed by atoms with E-state index in [1.807, 2.05) is 50.2 Å². The first-order valence-electron chi connectivity index (χ1n) is 12.3. The number of hydrogen-bond acceptors (Lipinski definition) is 7. The van der Waals surface area contributed by atoms with Gasteiger partial charge in [0.05, 0.1) is 5.39 Å². The summed E-state index contributed by atoms with van der Waals surface area (Å²) in [5.41, 5.74) is 0.732. The van der Waals surface area contributed by atoms with E-state index in [0.29, 0.717) is 12.2 Å². The number of alkyl carbamates (subject to hydrolysis) is 1. The smallest absolute Gasteiger partial charge is 0.408 e. The molecule has 1 heterocycles. The zero-order valence-electron chi connectivity index (χ0n) is 21.4. The molecule has 3 aromatic carbocycles. The largest absolute Gasteiger partial charge is 0.457 e. The lowest BCUT2D eigenvalue weighted by Crippen LogP contribution is -2.44. The molecule has 1 N–H and O–H groups in total. The van der Waals surface area contributed by atoms with Crippen molar-refractivity contribution in [1.82, 2.24) is 5.32 Å². The lowest BCUT2D eigenvalue weighted by atomic mass is 10.0. The van der Waals surface area contributed by atoms with Crippen molar-refractivity contribution in [2.45, 2.75) is 39.8 Å². The lowest BCUT2D eigenvalue weighted by molar-refractivity contribution is -0.137. The normalized spacial score (nSPS) is 11.7. The summed E-state index contributed by atoms with van der Waals surface area (Å²) in [5, 5.41) is 2.88. The van der Waals surface area contributed by atoms with Gasteiger partial charge in [0.2, 0.25) is 11.2 Å². The van der Waals surface area contributed by atoms with Crippen molar-refractivity contribution in [3.8, 4) is 17.2 Å². The molecule has 0 aliphatic carbocycles. The molecule has 0 aliphatic heterocycles. The van der Waals surface area contributed by atoms with Crippen LogP contribution in [0.25, 0.3) is 11.0 Å². The molecule has 8 heteroatoms. The van der Waals surface area contributed by atoms with Crippen LogP contribution in [0.1, 0.15) is 31.6 Å². The number of amides is 1. The lowest BCUT2D eigenvalue weighted by Gasteiger charge is -2.19. The third-order valence-corrected chi connectivity index (χ3v) is 5.66. The molecule has 196 valence electrons. The molecular formula is C30H29NO7. The van der Waals surface area contributed by atoms with E-state index in [4.69, 9.17) is 18.6 Å². The van der Waals surface area contributed by atoms with E-state index in [0.717, 1.165) is 5.56 Å². The maximum atomic E-state index is 13.0. The van der Waals surface area contributed by atoms with E-state index in [1.165, 1.54) is 18.2 Å². The number of carbonyl (C=O) groups excluding carboxylic acids is 2. The molecule has 0 fully saturated rings. The number of esters is 1. The maximum Gasteiger partial charge on any atom is 0.408 e. The predicted molar refractivity (Wildman–Crippen MR) is 142 cm³/mol. The van der Waals surface area contributed by atoms with Crippen molar-refractivity contribution < 1.29 is 28.2 Å². The Hall–Kier alpha value is -4.59. The Balaban J connectivity index is 1.47. The Morgan fingerprint density at radius 1 is 0.921 bits per heavy atom. The second-order valence-electron chi connectivity index (χ2n) is 9.20. The van der Waals surface area contributed by atoms with Gasteiger partial charge in [0.15, 0.2) is 0 Å². The van der Waals surface area contributed by atoms with Crippen molar-refractivity contribution >= 4 is 23.0 Å². The number of benzene rings is 3. The Morgan fingerprint density at radius 2 is 1.61 bits per heavy atom. The molecule has 38 heavy (non-hydrogen) atoms. The summed E-state index contributed by atoms with van der Waals surface area (Å²) in [5.74, 6) is 0.507. The van der Waals surface area contributed by atoms with E-state index >= 15 is 0 Å². The van der Waals surface area contributed by atoms with Gasteiger partial charge in [-0.25, -0.2) is 9.59 Å². The summed E-state index contributed by atoms with van der Waals surface area (Å²) in [6.45, 7) is 5.57. The van der Waals surface area contributed by atoms with Crippen molar-refractivity contribution in [1.29, 1.82) is 0 Å². The molecule has 4 aromatic rings. The van der Waals surface area contributed by atoms with E-state index in [1.54, 1.807) is 31.2 Å². The number of hydrogen-bond donors (Lipinski definition) is 1. The number of nitrogens with one attached hydrogen (secondary N) is 1. The first-order valence-corrected chi connectivity index (χ1v) is 12.3. The van der Waals surface area contributed by atoms with Crippen LogP contribution in [0.4, 0.5) is 4.79 Å². The van der Waals surface area contributed by atoms with Crippen LogP contribution in [0.3, 0.4) is 0 Å². The van der Waals surface area contributed by atoms with Gasteiger partial charge in [-0.2, -0.15) is 0 Å². The topological polar surface area (TPSA) is 104 Å². The van der Waals surface area contributed by atoms with Gasteiger partial charge in [-0.05, 0) is 49.1 Å². The summed E-state index contributed by atoms with van der Waals surface area (Å²) in [6, 6.07) is 21.7. The summed E-state index contributed by atoms with van der Waals surface area (Å²) >= 11 is 0. The monoisotopic (exact) mass is 515 g/mol. The molecule has 0 radical (unpaired) electrons. The third kappa shape index (κ3) is 6.79. The number of carbonyl (C=O) groups is 2. The SMILES string of the molecule is Cc1oc2cc(OC(=O)[C@@H](CC(C)C)NC(=O)OCc3ccccc3)ccc2c(=O)c1Oc1ccccc1. The fraction of sp³-hybridized carbons (Fsp3) is 0.233. The first-order chi connectivity index (χ1) is 18.3. The van der Waals surface area contributed by atoms with Gasteiger partial charge in [-0.1, -0.05) is 62.4 Å². The number of para-hydroxylation sites is 1. The molecule has 0 bridgehead atoms. The zero-order chi connectivity index (χ0) is 27.1.